The van der Waals surface area contributed by atoms with Crippen LogP contribution in [0.1, 0.15) is 18.1 Å². The van der Waals surface area contributed by atoms with Crippen LogP contribution in [0.15, 0.2) is 18.2 Å². The van der Waals surface area contributed by atoms with E-state index in [1.54, 1.807) is 32.0 Å². The molecule has 0 atom stereocenters. The van der Waals surface area contributed by atoms with Gasteiger partial charge in [-0.3, -0.25) is 4.79 Å². The molecular formula is C13H18ClNO4S. The summed E-state index contributed by atoms with van der Waals surface area (Å²) in [5.74, 6) is -0.822. The van der Waals surface area contributed by atoms with Gasteiger partial charge in [0.05, 0.1) is 12.4 Å². The largest absolute Gasteiger partial charge is 0.465 e. The van der Waals surface area contributed by atoms with Crippen LogP contribution in [0.5, 0.6) is 0 Å². The number of benzene rings is 1. The molecule has 1 rings (SSSR count). The second kappa shape index (κ2) is 7.06. The maximum Gasteiger partial charge on any atom is 0.321 e. The monoisotopic (exact) mass is 319 g/mol. The topological polar surface area (TPSA) is 63.7 Å². The number of hydrogen-bond acceptors (Lipinski definition) is 4. The zero-order chi connectivity index (χ0) is 15.3. The average Bonchev–Trinajstić information content (AvgIpc) is 2.35. The fourth-order valence-corrected chi connectivity index (χ4v) is 3.04. The summed E-state index contributed by atoms with van der Waals surface area (Å²) in [4.78, 5) is 11.3. The smallest absolute Gasteiger partial charge is 0.321 e. The molecule has 0 radical (unpaired) electrons. The number of nitrogens with zero attached hydrogens (tertiary/aromatic N) is 1. The van der Waals surface area contributed by atoms with E-state index in [1.807, 2.05) is 0 Å². The summed E-state index contributed by atoms with van der Waals surface area (Å²) in [6, 6.07) is 5.21. The number of carbonyl (C=O) groups is 1. The Hall–Kier alpha value is -1.11. The first kappa shape index (κ1) is 16.9. The summed E-state index contributed by atoms with van der Waals surface area (Å²) < 4.78 is 30.0. The first-order chi connectivity index (χ1) is 9.27. The molecule has 0 unspecified atom stereocenters. The molecule has 1 aromatic rings. The normalized spacial score (nSPS) is 11.7. The molecule has 5 nitrogen and oxygen atoms in total. The number of ether oxygens (including phenoxy) is 1. The standard InChI is InChI=1S/C13H18ClNO4S/c1-4-19-12(16)8-15(3)20(17,18)9-11-7-5-6-10(2)13(11)14/h5-7H,4,8-9H2,1-3H3. The van der Waals surface area contributed by atoms with Crippen LogP contribution in [-0.2, 0) is 25.3 Å². The molecule has 0 aliphatic rings. The van der Waals surface area contributed by atoms with Crippen LogP contribution in [0.4, 0.5) is 0 Å². The lowest BCUT2D eigenvalue weighted by molar-refractivity contribution is -0.143. The molecule has 0 heterocycles. The Morgan fingerprint density at radius 3 is 2.65 bits per heavy atom. The summed E-state index contributed by atoms with van der Waals surface area (Å²) in [6.07, 6.45) is 0. The number of aryl methyl sites for hydroxylation is 1. The number of rotatable bonds is 6. The van der Waals surface area contributed by atoms with E-state index < -0.39 is 16.0 Å². The van der Waals surface area contributed by atoms with Gasteiger partial charge >= 0.3 is 5.97 Å². The number of hydrogen-bond donors (Lipinski definition) is 0. The van der Waals surface area contributed by atoms with Gasteiger partial charge in [-0.15, -0.1) is 0 Å². The molecule has 20 heavy (non-hydrogen) atoms. The van der Waals surface area contributed by atoms with Crippen molar-refractivity contribution in [1.82, 2.24) is 4.31 Å². The fourth-order valence-electron chi connectivity index (χ4n) is 1.61. The van der Waals surface area contributed by atoms with Crippen LogP contribution in [0.3, 0.4) is 0 Å². The van der Waals surface area contributed by atoms with E-state index in [9.17, 15) is 13.2 Å². The van der Waals surface area contributed by atoms with Gasteiger partial charge in [-0.2, -0.15) is 4.31 Å². The molecule has 7 heteroatoms. The Balaban J connectivity index is 2.84. The lowest BCUT2D eigenvalue weighted by atomic mass is 10.2. The number of esters is 1. The van der Waals surface area contributed by atoms with Crippen molar-refractivity contribution in [1.29, 1.82) is 0 Å². The maximum atomic E-state index is 12.2. The van der Waals surface area contributed by atoms with Crippen LogP contribution in [0.25, 0.3) is 0 Å². The van der Waals surface area contributed by atoms with E-state index in [0.717, 1.165) is 9.87 Å². The first-order valence-electron chi connectivity index (χ1n) is 6.11. The third-order valence-electron chi connectivity index (χ3n) is 2.74. The SMILES string of the molecule is CCOC(=O)CN(C)S(=O)(=O)Cc1cccc(C)c1Cl. The molecule has 0 amide bonds. The highest BCUT2D eigenvalue weighted by Crippen LogP contribution is 2.23. The van der Waals surface area contributed by atoms with E-state index in [-0.39, 0.29) is 18.9 Å². The van der Waals surface area contributed by atoms with E-state index in [0.29, 0.717) is 10.6 Å². The quantitative estimate of drug-likeness (QED) is 0.752. The zero-order valence-electron chi connectivity index (χ0n) is 11.7. The van der Waals surface area contributed by atoms with E-state index in [1.165, 1.54) is 7.05 Å². The maximum absolute atomic E-state index is 12.2. The van der Waals surface area contributed by atoms with Gasteiger partial charge in [0.25, 0.3) is 0 Å². The summed E-state index contributed by atoms with van der Waals surface area (Å²) in [7, 11) is -2.27. The molecule has 1 aromatic carbocycles. The average molecular weight is 320 g/mol. The van der Waals surface area contributed by atoms with Gasteiger partial charge in [0, 0.05) is 12.1 Å². The van der Waals surface area contributed by atoms with Gasteiger partial charge in [-0.05, 0) is 25.0 Å². The Bertz CT molecular complexity index is 586. The molecule has 0 bridgehead atoms. The van der Waals surface area contributed by atoms with Gasteiger partial charge in [0.1, 0.15) is 6.54 Å². The van der Waals surface area contributed by atoms with Gasteiger partial charge < -0.3 is 4.74 Å². The molecule has 0 aliphatic heterocycles. The second-order valence-corrected chi connectivity index (χ2v) is 6.82. The predicted octanol–water partition coefficient (Wildman–Crippen LogP) is 1.97. The second-order valence-electron chi connectivity index (χ2n) is 4.37. The Morgan fingerprint density at radius 2 is 2.05 bits per heavy atom. The highest BCUT2D eigenvalue weighted by Gasteiger charge is 2.22. The van der Waals surface area contributed by atoms with Crippen LogP contribution < -0.4 is 0 Å². The summed E-state index contributed by atoms with van der Waals surface area (Å²) in [6.45, 7) is 3.38. The van der Waals surface area contributed by atoms with E-state index >= 15 is 0 Å². The Kier molecular flexibility index (Phi) is 5.98. The lowest BCUT2D eigenvalue weighted by Gasteiger charge is -2.17. The number of sulfonamides is 1. The zero-order valence-corrected chi connectivity index (χ0v) is 13.3. The van der Waals surface area contributed by atoms with Gasteiger partial charge in [0.15, 0.2) is 0 Å². The highest BCUT2D eigenvalue weighted by atomic mass is 35.5. The molecule has 0 aliphatic carbocycles. The van der Waals surface area contributed by atoms with Crippen molar-refractivity contribution < 1.29 is 17.9 Å². The fraction of sp³-hybridized carbons (Fsp3) is 0.462. The number of halogens is 1. The molecular weight excluding hydrogens is 302 g/mol. The molecule has 0 saturated heterocycles. The summed E-state index contributed by atoms with van der Waals surface area (Å²) in [5.41, 5.74) is 1.33. The van der Waals surface area contributed by atoms with Crippen molar-refractivity contribution >= 4 is 27.6 Å². The summed E-state index contributed by atoms with van der Waals surface area (Å²) in [5, 5.41) is 0.431. The van der Waals surface area contributed by atoms with Crippen molar-refractivity contribution in [3.8, 4) is 0 Å². The molecule has 0 N–H and O–H groups in total. The van der Waals surface area contributed by atoms with E-state index in [4.69, 9.17) is 16.3 Å². The van der Waals surface area contributed by atoms with Crippen molar-refractivity contribution in [3.63, 3.8) is 0 Å². The van der Waals surface area contributed by atoms with Crippen molar-refractivity contribution in [2.45, 2.75) is 19.6 Å². The van der Waals surface area contributed by atoms with E-state index in [2.05, 4.69) is 0 Å². The van der Waals surface area contributed by atoms with Crippen LogP contribution in [0, 0.1) is 6.92 Å². The minimum absolute atomic E-state index is 0.219. The molecule has 112 valence electrons. The number of carbonyl (C=O) groups excluding carboxylic acids is 1. The first-order valence-corrected chi connectivity index (χ1v) is 8.10. The van der Waals surface area contributed by atoms with Crippen LogP contribution >= 0.6 is 11.6 Å². The third-order valence-corrected chi connectivity index (χ3v) is 5.04. The molecule has 0 fully saturated rings. The van der Waals surface area contributed by atoms with Gasteiger partial charge in [0.2, 0.25) is 10.0 Å². The lowest BCUT2D eigenvalue weighted by Crippen LogP contribution is -2.34. The highest BCUT2D eigenvalue weighted by molar-refractivity contribution is 7.88. The third kappa shape index (κ3) is 4.47. The van der Waals surface area contributed by atoms with Crippen LogP contribution in [0.2, 0.25) is 5.02 Å². The molecule has 0 aromatic heterocycles. The summed E-state index contributed by atoms with van der Waals surface area (Å²) >= 11 is 6.08. The van der Waals surface area contributed by atoms with Gasteiger partial charge in [-0.25, -0.2) is 8.42 Å². The Morgan fingerprint density at radius 1 is 1.40 bits per heavy atom. The molecule has 0 saturated carbocycles. The molecule has 0 spiro atoms. The van der Waals surface area contributed by atoms with Crippen LogP contribution in [-0.4, -0.2) is 38.9 Å². The van der Waals surface area contributed by atoms with Gasteiger partial charge in [-0.1, -0.05) is 29.8 Å². The minimum atomic E-state index is -3.62. The number of likely N-dealkylation sites (N-methyl/N-ethyl adjacent to an activating group) is 1. The minimum Gasteiger partial charge on any atom is -0.465 e. The Labute approximate surface area is 124 Å². The van der Waals surface area contributed by atoms with Crippen molar-refractivity contribution in [3.05, 3.63) is 34.3 Å². The van der Waals surface area contributed by atoms with Crippen molar-refractivity contribution in [2.75, 3.05) is 20.2 Å². The predicted molar refractivity (Wildman–Crippen MR) is 78.1 cm³/mol. The van der Waals surface area contributed by atoms with Crippen molar-refractivity contribution in [2.24, 2.45) is 0 Å².